The fourth-order valence-electron chi connectivity index (χ4n) is 2.49. The molecule has 0 aliphatic carbocycles. The molecule has 0 atom stereocenters. The van der Waals surface area contributed by atoms with E-state index in [2.05, 4.69) is 25.9 Å². The van der Waals surface area contributed by atoms with E-state index in [1.165, 1.54) is 11.3 Å². The molecule has 0 saturated carbocycles. The molecule has 4 rings (SSSR count). The number of carbonyl (C=O) groups excluding carboxylic acids is 1. The van der Waals surface area contributed by atoms with Gasteiger partial charge in [-0.1, -0.05) is 18.2 Å². The zero-order chi connectivity index (χ0) is 17.8. The van der Waals surface area contributed by atoms with Crippen LogP contribution in [-0.2, 0) is 0 Å². The highest BCUT2D eigenvalue weighted by Gasteiger charge is 2.09. The number of thiophene rings is 1. The summed E-state index contributed by atoms with van der Waals surface area (Å²) >= 11 is 1.50. The number of rotatable bonds is 6. The molecule has 26 heavy (non-hydrogen) atoms. The van der Waals surface area contributed by atoms with Crippen LogP contribution < -0.4 is 10.6 Å². The van der Waals surface area contributed by atoms with Crippen molar-refractivity contribution in [1.29, 1.82) is 0 Å². The van der Waals surface area contributed by atoms with Gasteiger partial charge in [-0.2, -0.15) is 5.10 Å². The largest absolute Gasteiger partial charge is 0.367 e. The minimum Gasteiger partial charge on any atom is -0.367 e. The molecule has 3 heterocycles. The lowest BCUT2D eigenvalue weighted by Crippen LogP contribution is -2.28. The molecule has 0 aliphatic heterocycles. The van der Waals surface area contributed by atoms with E-state index < -0.39 is 0 Å². The molecular formula is C18H16N6OS. The maximum Gasteiger partial charge on any atom is 0.261 e. The van der Waals surface area contributed by atoms with Crippen LogP contribution >= 0.6 is 11.3 Å². The van der Waals surface area contributed by atoms with Gasteiger partial charge in [0.25, 0.3) is 5.91 Å². The number of hydrogen-bond acceptors (Lipinski definition) is 6. The van der Waals surface area contributed by atoms with Crippen LogP contribution in [0.5, 0.6) is 0 Å². The Morgan fingerprint density at radius 2 is 2.00 bits per heavy atom. The van der Waals surface area contributed by atoms with Crippen LogP contribution in [0.3, 0.4) is 0 Å². The molecule has 3 aromatic heterocycles. The number of carbonyl (C=O) groups is 1. The predicted octanol–water partition coefficient (Wildman–Crippen LogP) is 2.72. The molecule has 1 aromatic carbocycles. The molecule has 1 amide bonds. The zero-order valence-electron chi connectivity index (χ0n) is 13.8. The van der Waals surface area contributed by atoms with Crippen molar-refractivity contribution < 1.29 is 4.79 Å². The van der Waals surface area contributed by atoms with Crippen LogP contribution in [-0.4, -0.2) is 39.0 Å². The summed E-state index contributed by atoms with van der Waals surface area (Å²) in [5.74, 6) is 1.24. The van der Waals surface area contributed by atoms with Gasteiger partial charge in [-0.3, -0.25) is 4.79 Å². The van der Waals surface area contributed by atoms with Crippen LogP contribution in [0, 0.1) is 0 Å². The number of aromatic nitrogens is 4. The number of amides is 1. The van der Waals surface area contributed by atoms with Gasteiger partial charge in [0, 0.05) is 30.2 Å². The van der Waals surface area contributed by atoms with Crippen molar-refractivity contribution in [3.63, 3.8) is 0 Å². The number of nitrogens with one attached hydrogen (secondary N) is 2. The highest BCUT2D eigenvalue weighted by molar-refractivity contribution is 7.20. The van der Waals surface area contributed by atoms with E-state index in [1.807, 2.05) is 48.5 Å². The van der Waals surface area contributed by atoms with Crippen LogP contribution in [0.4, 0.5) is 5.82 Å². The van der Waals surface area contributed by atoms with Gasteiger partial charge in [0.15, 0.2) is 5.82 Å². The molecule has 0 spiro atoms. The van der Waals surface area contributed by atoms with Crippen molar-refractivity contribution in [3.05, 3.63) is 65.8 Å². The van der Waals surface area contributed by atoms with Gasteiger partial charge in [-0.05, 0) is 35.7 Å². The summed E-state index contributed by atoms with van der Waals surface area (Å²) in [5, 5.41) is 19.5. The average molecular weight is 364 g/mol. The van der Waals surface area contributed by atoms with E-state index in [-0.39, 0.29) is 5.91 Å². The smallest absolute Gasteiger partial charge is 0.261 e. The summed E-state index contributed by atoms with van der Waals surface area (Å²) in [7, 11) is 0. The topological polar surface area (TPSA) is 84.7 Å². The Hall–Kier alpha value is -3.26. The van der Waals surface area contributed by atoms with Crippen molar-refractivity contribution in [2.45, 2.75) is 0 Å². The second-order valence-electron chi connectivity index (χ2n) is 5.56. The lowest BCUT2D eigenvalue weighted by atomic mass is 10.2. The minimum absolute atomic E-state index is 0.0619. The van der Waals surface area contributed by atoms with Crippen LogP contribution in [0.2, 0.25) is 0 Å². The quantitative estimate of drug-likeness (QED) is 0.514. The number of nitrogens with zero attached hydrogens (tertiary/aromatic N) is 4. The normalized spacial score (nSPS) is 10.8. The van der Waals surface area contributed by atoms with Crippen LogP contribution in [0.1, 0.15) is 9.67 Å². The molecule has 0 fully saturated rings. The summed E-state index contributed by atoms with van der Waals surface area (Å²) in [6, 6.07) is 15.4. The van der Waals surface area contributed by atoms with Gasteiger partial charge in [0.1, 0.15) is 5.82 Å². The Kier molecular flexibility index (Phi) is 4.57. The third-order valence-electron chi connectivity index (χ3n) is 3.76. The third kappa shape index (κ3) is 3.55. The molecular weight excluding hydrogens is 348 g/mol. The second kappa shape index (κ2) is 7.32. The molecule has 0 unspecified atom stereocenters. The van der Waals surface area contributed by atoms with Gasteiger partial charge in [0.05, 0.1) is 4.88 Å². The van der Waals surface area contributed by atoms with Gasteiger partial charge in [0.2, 0.25) is 0 Å². The number of benzene rings is 1. The molecule has 0 aliphatic rings. The highest BCUT2D eigenvalue weighted by atomic mass is 32.1. The van der Waals surface area contributed by atoms with Crippen molar-refractivity contribution in [1.82, 2.24) is 25.3 Å². The van der Waals surface area contributed by atoms with E-state index in [0.717, 1.165) is 15.0 Å². The maximum absolute atomic E-state index is 12.2. The fourth-order valence-corrected chi connectivity index (χ4v) is 3.47. The first-order valence-electron chi connectivity index (χ1n) is 8.14. The molecule has 7 nitrogen and oxygen atoms in total. The zero-order valence-corrected chi connectivity index (χ0v) is 14.6. The summed E-state index contributed by atoms with van der Waals surface area (Å²) in [4.78, 5) is 13.0. The summed E-state index contributed by atoms with van der Waals surface area (Å²) in [6.45, 7) is 1.06. The Bertz CT molecular complexity index is 977. The molecule has 8 heteroatoms. The van der Waals surface area contributed by atoms with E-state index in [0.29, 0.717) is 24.7 Å². The van der Waals surface area contributed by atoms with E-state index >= 15 is 0 Å². The second-order valence-corrected chi connectivity index (χ2v) is 6.64. The Morgan fingerprint density at radius 3 is 2.77 bits per heavy atom. The first kappa shape index (κ1) is 16.2. The van der Waals surface area contributed by atoms with E-state index in [4.69, 9.17) is 0 Å². The number of anilines is 1. The SMILES string of the molecule is O=C(NCCNc1ccc(-n2cccn2)nn1)c1cc2ccccc2s1. The molecule has 0 radical (unpaired) electrons. The Morgan fingerprint density at radius 1 is 1.08 bits per heavy atom. The molecule has 0 saturated heterocycles. The predicted molar refractivity (Wildman–Crippen MR) is 102 cm³/mol. The summed E-state index contributed by atoms with van der Waals surface area (Å²) in [5.41, 5.74) is 0. The maximum atomic E-state index is 12.2. The fraction of sp³-hybridized carbons (Fsp3) is 0.111. The number of hydrogen-bond donors (Lipinski definition) is 2. The lowest BCUT2D eigenvalue weighted by Gasteiger charge is -2.06. The lowest BCUT2D eigenvalue weighted by molar-refractivity contribution is 0.0959. The van der Waals surface area contributed by atoms with Crippen molar-refractivity contribution in [3.8, 4) is 5.82 Å². The Labute approximate surface area is 153 Å². The van der Waals surface area contributed by atoms with Gasteiger partial charge >= 0.3 is 0 Å². The van der Waals surface area contributed by atoms with E-state index in [1.54, 1.807) is 17.1 Å². The van der Waals surface area contributed by atoms with Crippen molar-refractivity contribution >= 4 is 33.1 Å². The summed E-state index contributed by atoms with van der Waals surface area (Å²) < 4.78 is 2.76. The molecule has 0 bridgehead atoms. The molecule has 2 N–H and O–H groups in total. The third-order valence-corrected chi connectivity index (χ3v) is 4.87. The van der Waals surface area contributed by atoms with Crippen molar-refractivity contribution in [2.24, 2.45) is 0 Å². The average Bonchev–Trinajstić information content (AvgIpc) is 3.35. The van der Waals surface area contributed by atoms with Gasteiger partial charge in [-0.25, -0.2) is 4.68 Å². The standard InChI is InChI=1S/C18H16N6OS/c25-18(15-12-13-4-1-2-5-14(13)26-15)20-10-9-19-16-6-7-17(23-22-16)24-11-3-8-21-24/h1-8,11-12H,9-10H2,(H,19,22)(H,20,25). The Balaban J connectivity index is 1.27. The molecule has 4 aromatic rings. The van der Waals surface area contributed by atoms with Crippen molar-refractivity contribution in [2.75, 3.05) is 18.4 Å². The van der Waals surface area contributed by atoms with E-state index in [9.17, 15) is 4.79 Å². The van der Waals surface area contributed by atoms with Crippen LogP contribution in [0.15, 0.2) is 60.9 Å². The van der Waals surface area contributed by atoms with Crippen LogP contribution in [0.25, 0.3) is 15.9 Å². The first-order valence-corrected chi connectivity index (χ1v) is 8.96. The minimum atomic E-state index is -0.0619. The number of fused-ring (bicyclic) bond motifs is 1. The highest BCUT2D eigenvalue weighted by Crippen LogP contribution is 2.24. The van der Waals surface area contributed by atoms with Gasteiger partial charge < -0.3 is 10.6 Å². The van der Waals surface area contributed by atoms with Gasteiger partial charge in [-0.15, -0.1) is 21.5 Å². The first-order chi connectivity index (χ1) is 12.8. The monoisotopic (exact) mass is 364 g/mol. The summed E-state index contributed by atoms with van der Waals surface area (Å²) in [6.07, 6.45) is 3.49. The molecule has 130 valence electrons.